The van der Waals surface area contributed by atoms with Crippen molar-refractivity contribution in [3.05, 3.63) is 75.7 Å². The maximum Gasteiger partial charge on any atom is 0.0633 e. The van der Waals surface area contributed by atoms with Crippen LogP contribution in [0.3, 0.4) is 0 Å². The van der Waals surface area contributed by atoms with Crippen LogP contribution in [-0.2, 0) is 0 Å². The molecule has 0 saturated heterocycles. The van der Waals surface area contributed by atoms with Crippen molar-refractivity contribution in [1.29, 1.82) is 0 Å². The summed E-state index contributed by atoms with van der Waals surface area (Å²) >= 11 is 9.96. The average Bonchev–Trinajstić information content (AvgIpc) is 2.81. The first-order valence-electron chi connectivity index (χ1n) is 7.11. The van der Waals surface area contributed by atoms with E-state index < -0.39 is 0 Å². The van der Waals surface area contributed by atoms with Crippen LogP contribution in [0.15, 0.2) is 65.1 Å². The molecule has 0 fully saturated rings. The van der Waals surface area contributed by atoms with E-state index in [2.05, 4.69) is 76.0 Å². The molecule has 0 aliphatic rings. The minimum Gasteiger partial charge on any atom is -0.308 e. The summed E-state index contributed by atoms with van der Waals surface area (Å²) in [5, 5.41) is 3.21. The van der Waals surface area contributed by atoms with E-state index in [4.69, 9.17) is 11.6 Å². The van der Waals surface area contributed by atoms with Crippen LogP contribution < -0.4 is 0 Å². The Balaban J connectivity index is 2.27. The van der Waals surface area contributed by atoms with Crippen molar-refractivity contribution in [1.82, 2.24) is 4.57 Å². The predicted molar refractivity (Wildman–Crippen MR) is 98.2 cm³/mol. The fourth-order valence-corrected chi connectivity index (χ4v) is 3.90. The van der Waals surface area contributed by atoms with Crippen LogP contribution in [0, 0.1) is 6.92 Å². The maximum atomic E-state index is 6.26. The lowest BCUT2D eigenvalue weighted by Gasteiger charge is -2.13. The highest BCUT2D eigenvalue weighted by atomic mass is 79.9. The zero-order valence-corrected chi connectivity index (χ0v) is 14.3. The standard InChI is InChI=1S/C19H13BrClN/c1-12-5-4-7-16(20)19(12)22-17-8-3-2-6-14(17)15-10-9-13(21)11-18(15)22/h2-11H,1H3. The summed E-state index contributed by atoms with van der Waals surface area (Å²) in [7, 11) is 0. The highest BCUT2D eigenvalue weighted by molar-refractivity contribution is 9.10. The van der Waals surface area contributed by atoms with Gasteiger partial charge in [0.25, 0.3) is 0 Å². The zero-order valence-electron chi connectivity index (χ0n) is 12.0. The first kappa shape index (κ1) is 13.9. The zero-order chi connectivity index (χ0) is 15.3. The van der Waals surface area contributed by atoms with Crippen LogP contribution in [0.5, 0.6) is 0 Å². The third-order valence-electron chi connectivity index (χ3n) is 4.05. The average molecular weight is 371 g/mol. The van der Waals surface area contributed by atoms with E-state index in [0.717, 1.165) is 20.7 Å². The molecule has 0 atom stereocenters. The van der Waals surface area contributed by atoms with Crippen LogP contribution in [0.1, 0.15) is 5.56 Å². The number of nitrogens with zero attached hydrogens (tertiary/aromatic N) is 1. The number of para-hydroxylation sites is 2. The first-order chi connectivity index (χ1) is 10.7. The van der Waals surface area contributed by atoms with Gasteiger partial charge in [-0.15, -0.1) is 0 Å². The summed E-state index contributed by atoms with van der Waals surface area (Å²) in [6.07, 6.45) is 0. The van der Waals surface area contributed by atoms with Gasteiger partial charge in [0, 0.05) is 20.3 Å². The van der Waals surface area contributed by atoms with Gasteiger partial charge in [0.15, 0.2) is 0 Å². The molecule has 3 aromatic carbocycles. The maximum absolute atomic E-state index is 6.26. The van der Waals surface area contributed by atoms with E-state index in [1.807, 2.05) is 12.1 Å². The predicted octanol–water partition coefficient (Wildman–Crippen LogP) is 6.51. The molecule has 0 aliphatic heterocycles. The largest absolute Gasteiger partial charge is 0.308 e. The van der Waals surface area contributed by atoms with Crippen molar-refractivity contribution in [2.24, 2.45) is 0 Å². The van der Waals surface area contributed by atoms with Crippen LogP contribution >= 0.6 is 27.5 Å². The Morgan fingerprint density at radius 3 is 2.45 bits per heavy atom. The van der Waals surface area contributed by atoms with Crippen molar-refractivity contribution in [3.8, 4) is 5.69 Å². The van der Waals surface area contributed by atoms with E-state index in [-0.39, 0.29) is 0 Å². The molecule has 0 N–H and O–H groups in total. The van der Waals surface area contributed by atoms with Crippen LogP contribution in [0.25, 0.3) is 27.5 Å². The number of benzene rings is 3. The quantitative estimate of drug-likeness (QED) is 0.360. The van der Waals surface area contributed by atoms with Gasteiger partial charge >= 0.3 is 0 Å². The Bertz CT molecular complexity index is 996. The van der Waals surface area contributed by atoms with E-state index in [9.17, 15) is 0 Å². The molecule has 1 nitrogen and oxygen atoms in total. The lowest BCUT2D eigenvalue weighted by atomic mass is 10.2. The summed E-state index contributed by atoms with van der Waals surface area (Å²) in [6, 6.07) is 20.8. The van der Waals surface area contributed by atoms with E-state index in [0.29, 0.717) is 0 Å². The molecule has 0 aliphatic carbocycles. The van der Waals surface area contributed by atoms with Gasteiger partial charge in [-0.3, -0.25) is 0 Å². The molecule has 22 heavy (non-hydrogen) atoms. The number of hydrogen-bond donors (Lipinski definition) is 0. The Morgan fingerprint density at radius 1 is 0.864 bits per heavy atom. The lowest BCUT2D eigenvalue weighted by Crippen LogP contribution is -1.98. The molecule has 4 aromatic rings. The summed E-state index contributed by atoms with van der Waals surface area (Å²) in [6.45, 7) is 2.13. The summed E-state index contributed by atoms with van der Waals surface area (Å²) in [5.41, 5.74) is 4.70. The second-order valence-corrected chi connectivity index (χ2v) is 6.71. The van der Waals surface area contributed by atoms with Crippen LogP contribution in [0.2, 0.25) is 5.02 Å². The van der Waals surface area contributed by atoms with Crippen molar-refractivity contribution in [2.45, 2.75) is 6.92 Å². The van der Waals surface area contributed by atoms with Crippen molar-refractivity contribution < 1.29 is 0 Å². The number of aryl methyl sites for hydroxylation is 1. The van der Waals surface area contributed by atoms with Gasteiger partial charge in [-0.2, -0.15) is 0 Å². The Hall–Kier alpha value is -1.77. The summed E-state index contributed by atoms with van der Waals surface area (Å²) in [4.78, 5) is 0. The minimum atomic E-state index is 0.751. The Labute approximate surface area is 142 Å². The van der Waals surface area contributed by atoms with Gasteiger partial charge in [-0.25, -0.2) is 0 Å². The monoisotopic (exact) mass is 369 g/mol. The van der Waals surface area contributed by atoms with Gasteiger partial charge in [0.2, 0.25) is 0 Å². The third-order valence-corrected chi connectivity index (χ3v) is 4.92. The molecule has 0 spiro atoms. The second-order valence-electron chi connectivity index (χ2n) is 5.42. The molecule has 1 aromatic heterocycles. The van der Waals surface area contributed by atoms with Gasteiger partial charge in [0.1, 0.15) is 0 Å². The van der Waals surface area contributed by atoms with Crippen LogP contribution in [0.4, 0.5) is 0 Å². The SMILES string of the molecule is Cc1cccc(Br)c1-n1c2ccccc2c2ccc(Cl)cc21. The Morgan fingerprint density at radius 2 is 1.64 bits per heavy atom. The summed E-state index contributed by atoms with van der Waals surface area (Å²) < 4.78 is 3.37. The van der Waals surface area contributed by atoms with Gasteiger partial charge in [-0.05, 0) is 52.7 Å². The second kappa shape index (κ2) is 5.15. The molecule has 0 amide bonds. The molecule has 0 saturated carbocycles. The third kappa shape index (κ3) is 1.98. The smallest absolute Gasteiger partial charge is 0.0633 e. The molecule has 1 heterocycles. The summed E-state index contributed by atoms with van der Waals surface area (Å²) in [5.74, 6) is 0. The molecule has 0 bridgehead atoms. The van der Waals surface area contributed by atoms with E-state index >= 15 is 0 Å². The van der Waals surface area contributed by atoms with E-state index in [1.165, 1.54) is 21.9 Å². The molecule has 0 radical (unpaired) electrons. The fourth-order valence-electron chi connectivity index (χ4n) is 3.09. The highest BCUT2D eigenvalue weighted by Gasteiger charge is 2.15. The van der Waals surface area contributed by atoms with E-state index in [1.54, 1.807) is 0 Å². The normalized spacial score (nSPS) is 11.4. The van der Waals surface area contributed by atoms with Crippen molar-refractivity contribution in [2.75, 3.05) is 0 Å². The number of aromatic nitrogens is 1. The lowest BCUT2D eigenvalue weighted by molar-refractivity contribution is 1.14. The fraction of sp³-hybridized carbons (Fsp3) is 0.0526. The van der Waals surface area contributed by atoms with Gasteiger partial charge < -0.3 is 4.57 Å². The number of fused-ring (bicyclic) bond motifs is 3. The molecular weight excluding hydrogens is 358 g/mol. The van der Waals surface area contributed by atoms with Crippen LogP contribution in [-0.4, -0.2) is 4.57 Å². The molecule has 0 unspecified atom stereocenters. The minimum absolute atomic E-state index is 0.751. The molecule has 4 rings (SSSR count). The highest BCUT2D eigenvalue weighted by Crippen LogP contribution is 2.36. The van der Waals surface area contributed by atoms with Crippen molar-refractivity contribution in [3.63, 3.8) is 0 Å². The molecular formula is C19H13BrClN. The first-order valence-corrected chi connectivity index (χ1v) is 8.28. The van der Waals surface area contributed by atoms with Gasteiger partial charge in [0.05, 0.1) is 16.7 Å². The topological polar surface area (TPSA) is 4.93 Å². The number of halogens is 2. The Kier molecular flexibility index (Phi) is 3.24. The number of rotatable bonds is 1. The number of hydrogen-bond acceptors (Lipinski definition) is 0. The van der Waals surface area contributed by atoms with Crippen molar-refractivity contribution >= 4 is 49.3 Å². The molecule has 3 heteroatoms. The van der Waals surface area contributed by atoms with Gasteiger partial charge in [-0.1, -0.05) is 48.0 Å². The molecule has 108 valence electrons.